The first kappa shape index (κ1) is 16.5. The van der Waals surface area contributed by atoms with E-state index in [1.807, 2.05) is 6.07 Å². The predicted molar refractivity (Wildman–Crippen MR) is 84.4 cm³/mol. The Labute approximate surface area is 131 Å². The minimum Gasteiger partial charge on any atom is -0.393 e. The van der Waals surface area contributed by atoms with Gasteiger partial charge in [-0.05, 0) is 37.3 Å². The molecule has 22 heavy (non-hydrogen) atoms. The van der Waals surface area contributed by atoms with Crippen LogP contribution >= 0.6 is 0 Å². The number of amides is 2. The molecule has 2 amide bonds. The number of aliphatic hydroxyl groups excluding tert-OH is 1. The van der Waals surface area contributed by atoms with Crippen molar-refractivity contribution >= 4 is 11.8 Å². The molecule has 2 unspecified atom stereocenters. The molecule has 120 valence electrons. The van der Waals surface area contributed by atoms with Crippen molar-refractivity contribution in [2.45, 2.75) is 31.8 Å². The smallest absolute Gasteiger partial charge is 0.254 e. The molecule has 1 aromatic rings. The van der Waals surface area contributed by atoms with Gasteiger partial charge in [-0.25, -0.2) is 0 Å². The number of rotatable bonds is 5. The Bertz CT molecular complexity index is 504. The third kappa shape index (κ3) is 4.84. The number of likely N-dealkylation sites (N-methyl/N-ethyl adjacent to an activating group) is 1. The minimum absolute atomic E-state index is 0.0446. The Morgan fingerprint density at radius 1 is 1.27 bits per heavy atom. The van der Waals surface area contributed by atoms with E-state index >= 15 is 0 Å². The van der Waals surface area contributed by atoms with Crippen molar-refractivity contribution in [1.29, 1.82) is 0 Å². The molecule has 0 bridgehead atoms. The van der Waals surface area contributed by atoms with Gasteiger partial charge in [0.2, 0.25) is 5.91 Å². The molecule has 5 heteroatoms. The highest BCUT2D eigenvalue weighted by Crippen LogP contribution is 2.23. The molecule has 0 aromatic heterocycles. The van der Waals surface area contributed by atoms with E-state index in [0.29, 0.717) is 18.0 Å². The highest BCUT2D eigenvalue weighted by molar-refractivity contribution is 5.96. The molecule has 0 radical (unpaired) electrons. The molecule has 1 saturated carbocycles. The zero-order valence-electron chi connectivity index (χ0n) is 13.0. The summed E-state index contributed by atoms with van der Waals surface area (Å²) >= 11 is 0. The molecule has 1 aromatic carbocycles. The van der Waals surface area contributed by atoms with E-state index in [1.54, 1.807) is 31.3 Å². The number of hydrogen-bond acceptors (Lipinski definition) is 3. The maximum absolute atomic E-state index is 12.1. The quantitative estimate of drug-likeness (QED) is 0.864. The summed E-state index contributed by atoms with van der Waals surface area (Å²) < 4.78 is 0. The highest BCUT2D eigenvalue weighted by Gasteiger charge is 2.21. The monoisotopic (exact) mass is 304 g/mol. The number of nitrogens with one attached hydrogen (secondary N) is 1. The molecule has 2 N–H and O–H groups in total. The van der Waals surface area contributed by atoms with Gasteiger partial charge in [-0.3, -0.25) is 9.59 Å². The van der Waals surface area contributed by atoms with Crippen LogP contribution in [0.5, 0.6) is 0 Å². The summed E-state index contributed by atoms with van der Waals surface area (Å²) in [5.74, 6) is 0.0125. The number of carbonyl (C=O) groups is 2. The fourth-order valence-electron chi connectivity index (χ4n) is 2.85. The molecule has 0 aliphatic heterocycles. The molecular formula is C17H24N2O3. The Balaban J connectivity index is 1.75. The maximum Gasteiger partial charge on any atom is 0.254 e. The lowest BCUT2D eigenvalue weighted by atomic mass is 9.87. The molecule has 1 aliphatic carbocycles. The maximum atomic E-state index is 12.1. The van der Waals surface area contributed by atoms with Crippen molar-refractivity contribution in [3.8, 4) is 0 Å². The number of carbonyl (C=O) groups excluding carboxylic acids is 2. The normalized spacial score (nSPS) is 21.2. The van der Waals surface area contributed by atoms with E-state index in [-0.39, 0.29) is 24.5 Å². The first-order valence-corrected chi connectivity index (χ1v) is 7.81. The lowest BCUT2D eigenvalue weighted by Gasteiger charge is -2.26. The molecule has 1 fully saturated rings. The first-order valence-electron chi connectivity index (χ1n) is 7.81. The third-order valence-corrected chi connectivity index (χ3v) is 4.09. The minimum atomic E-state index is -0.238. The number of benzene rings is 1. The van der Waals surface area contributed by atoms with Crippen molar-refractivity contribution in [3.63, 3.8) is 0 Å². The standard InChI is InChI=1S/C17H24N2O3/c1-19(17(22)14-7-3-2-4-8-14)12-16(21)18-11-13-6-5-9-15(20)10-13/h2-4,7-8,13,15,20H,5-6,9-12H2,1H3,(H,18,21). The van der Waals surface area contributed by atoms with Gasteiger partial charge in [-0.1, -0.05) is 24.6 Å². The van der Waals surface area contributed by atoms with E-state index in [9.17, 15) is 14.7 Å². The molecule has 0 saturated heterocycles. The Kier molecular flexibility index (Phi) is 5.95. The average molecular weight is 304 g/mol. The lowest BCUT2D eigenvalue weighted by molar-refractivity contribution is -0.121. The number of aliphatic hydroxyl groups is 1. The van der Waals surface area contributed by atoms with E-state index in [2.05, 4.69) is 5.32 Å². The fourth-order valence-corrected chi connectivity index (χ4v) is 2.85. The number of nitrogens with zero attached hydrogens (tertiary/aromatic N) is 1. The molecule has 0 spiro atoms. The summed E-state index contributed by atoms with van der Waals surface area (Å²) in [6.07, 6.45) is 3.42. The van der Waals surface area contributed by atoms with Gasteiger partial charge in [0, 0.05) is 19.2 Å². The van der Waals surface area contributed by atoms with E-state index in [4.69, 9.17) is 0 Å². The molecule has 5 nitrogen and oxygen atoms in total. The summed E-state index contributed by atoms with van der Waals surface area (Å²) in [7, 11) is 1.62. The van der Waals surface area contributed by atoms with Crippen LogP contribution in [0.15, 0.2) is 30.3 Å². The van der Waals surface area contributed by atoms with E-state index < -0.39 is 0 Å². The Hall–Kier alpha value is -1.88. The van der Waals surface area contributed by atoms with Crippen molar-refractivity contribution in [2.24, 2.45) is 5.92 Å². The summed E-state index contributed by atoms with van der Waals surface area (Å²) in [5, 5.41) is 12.5. The third-order valence-electron chi connectivity index (χ3n) is 4.09. The van der Waals surface area contributed by atoms with E-state index in [0.717, 1.165) is 25.7 Å². The molecule has 2 rings (SSSR count). The summed E-state index contributed by atoms with van der Waals surface area (Å²) in [6, 6.07) is 8.92. The van der Waals surface area contributed by atoms with Crippen molar-refractivity contribution in [1.82, 2.24) is 10.2 Å². The molecule has 1 aliphatic rings. The van der Waals surface area contributed by atoms with Crippen LogP contribution in [0.4, 0.5) is 0 Å². The number of hydrogen-bond donors (Lipinski definition) is 2. The van der Waals surface area contributed by atoms with Gasteiger partial charge in [0.05, 0.1) is 12.6 Å². The van der Waals surface area contributed by atoms with Crippen molar-refractivity contribution < 1.29 is 14.7 Å². The Morgan fingerprint density at radius 3 is 2.68 bits per heavy atom. The second-order valence-electron chi connectivity index (χ2n) is 6.02. The van der Waals surface area contributed by atoms with Crippen LogP contribution < -0.4 is 5.32 Å². The van der Waals surface area contributed by atoms with Gasteiger partial charge in [0.25, 0.3) is 5.91 Å². The van der Waals surface area contributed by atoms with Crippen LogP contribution in [0.1, 0.15) is 36.0 Å². The van der Waals surface area contributed by atoms with Crippen LogP contribution in [-0.4, -0.2) is 48.1 Å². The SMILES string of the molecule is CN(CC(=O)NCC1CCCC(O)C1)C(=O)c1ccccc1. The average Bonchev–Trinajstić information content (AvgIpc) is 2.53. The largest absolute Gasteiger partial charge is 0.393 e. The van der Waals surface area contributed by atoms with Crippen molar-refractivity contribution in [3.05, 3.63) is 35.9 Å². The van der Waals surface area contributed by atoms with Crippen LogP contribution in [0, 0.1) is 5.92 Å². The lowest BCUT2D eigenvalue weighted by Crippen LogP contribution is -2.40. The topological polar surface area (TPSA) is 69.6 Å². The van der Waals surface area contributed by atoms with Crippen LogP contribution in [0.3, 0.4) is 0 Å². The second kappa shape index (κ2) is 7.94. The molecular weight excluding hydrogens is 280 g/mol. The summed E-state index contributed by atoms with van der Waals surface area (Å²) in [6.45, 7) is 0.617. The fraction of sp³-hybridized carbons (Fsp3) is 0.529. The first-order chi connectivity index (χ1) is 10.6. The van der Waals surface area contributed by atoms with Crippen LogP contribution in [0.25, 0.3) is 0 Å². The summed E-state index contributed by atoms with van der Waals surface area (Å²) in [4.78, 5) is 25.5. The predicted octanol–water partition coefficient (Wildman–Crippen LogP) is 1.43. The van der Waals surface area contributed by atoms with Gasteiger partial charge in [0.15, 0.2) is 0 Å². The van der Waals surface area contributed by atoms with Gasteiger partial charge in [-0.2, -0.15) is 0 Å². The van der Waals surface area contributed by atoms with Gasteiger partial charge >= 0.3 is 0 Å². The zero-order valence-corrected chi connectivity index (χ0v) is 13.0. The second-order valence-corrected chi connectivity index (χ2v) is 6.02. The zero-order chi connectivity index (χ0) is 15.9. The van der Waals surface area contributed by atoms with Crippen LogP contribution in [-0.2, 0) is 4.79 Å². The molecule has 0 heterocycles. The Morgan fingerprint density at radius 2 is 2.00 bits per heavy atom. The van der Waals surface area contributed by atoms with E-state index in [1.165, 1.54) is 4.90 Å². The van der Waals surface area contributed by atoms with Gasteiger partial charge in [-0.15, -0.1) is 0 Å². The highest BCUT2D eigenvalue weighted by atomic mass is 16.3. The summed E-state index contributed by atoms with van der Waals surface area (Å²) in [5.41, 5.74) is 0.577. The van der Waals surface area contributed by atoms with Gasteiger partial charge < -0.3 is 15.3 Å². The van der Waals surface area contributed by atoms with Crippen LogP contribution in [0.2, 0.25) is 0 Å². The van der Waals surface area contributed by atoms with Gasteiger partial charge in [0.1, 0.15) is 0 Å². The van der Waals surface area contributed by atoms with Crippen molar-refractivity contribution in [2.75, 3.05) is 20.1 Å². The molecule has 2 atom stereocenters.